The molecule has 0 saturated carbocycles. The predicted molar refractivity (Wildman–Crippen MR) is 168 cm³/mol. The summed E-state index contributed by atoms with van der Waals surface area (Å²) in [7, 11) is 0. The first-order chi connectivity index (χ1) is 19.0. The second kappa shape index (κ2) is 12.8. The van der Waals surface area contributed by atoms with E-state index in [1.165, 1.54) is 45.0 Å². The van der Waals surface area contributed by atoms with Gasteiger partial charge in [0.2, 0.25) is 0 Å². The second-order valence-corrected chi connectivity index (χ2v) is 13.4. The summed E-state index contributed by atoms with van der Waals surface area (Å²) >= 11 is 14.2. The zero-order valence-electron chi connectivity index (χ0n) is 23.3. The molecule has 0 radical (unpaired) electrons. The Morgan fingerprint density at radius 2 is 1.76 bits per heavy atom. The van der Waals surface area contributed by atoms with Gasteiger partial charge in [0.1, 0.15) is 23.1 Å². The molecule has 1 aliphatic heterocycles. The molecule has 0 spiro atoms. The Labute approximate surface area is 263 Å². The number of hydrogen-bond donors (Lipinski definition) is 3. The maximum atomic E-state index is 15.2. The normalized spacial score (nSPS) is 22.0. The van der Waals surface area contributed by atoms with E-state index in [4.69, 9.17) is 28.9 Å². The zero-order valence-corrected chi connectivity index (χ0v) is 27.0. The van der Waals surface area contributed by atoms with Crippen LogP contribution in [0, 0.1) is 45.8 Å². The highest BCUT2D eigenvalue weighted by Crippen LogP contribution is 2.52. The van der Waals surface area contributed by atoms with Crippen molar-refractivity contribution in [2.75, 3.05) is 5.73 Å². The fourth-order valence-corrected chi connectivity index (χ4v) is 6.18. The fraction of sp³-hybridized carbons (Fsp3) is 0.355. The highest BCUT2D eigenvalue weighted by atomic mass is 127. The van der Waals surface area contributed by atoms with Crippen molar-refractivity contribution in [3.05, 3.63) is 96.0 Å². The molecule has 1 heterocycles. The van der Waals surface area contributed by atoms with E-state index in [2.05, 4.69) is 47.8 Å². The number of anilines is 1. The molecule has 0 amide bonds. The SMILES string of the molecule is CC(C)(C)C[C@@H]1N[C@@H](C(=O)O)[C@H](c2cccc(Cl)c2F)[C@@]1(C#N)c1ccc(Cl)cc1F.Cc1cc(N)cc(C)c1I. The van der Waals surface area contributed by atoms with Crippen molar-refractivity contribution < 1.29 is 18.7 Å². The minimum Gasteiger partial charge on any atom is -0.480 e. The van der Waals surface area contributed by atoms with Gasteiger partial charge in [-0.05, 0) is 95.3 Å². The van der Waals surface area contributed by atoms with Gasteiger partial charge in [-0.15, -0.1) is 0 Å². The Bertz CT molecular complexity index is 1480. The molecule has 4 rings (SSSR count). The van der Waals surface area contributed by atoms with Crippen LogP contribution in [0.25, 0.3) is 0 Å². The number of nitrogens with zero attached hydrogens (tertiary/aromatic N) is 1. The van der Waals surface area contributed by atoms with Gasteiger partial charge in [0.25, 0.3) is 0 Å². The van der Waals surface area contributed by atoms with Gasteiger partial charge >= 0.3 is 5.97 Å². The summed E-state index contributed by atoms with van der Waals surface area (Å²) in [5, 5.41) is 23.4. The minimum atomic E-state index is -1.73. The number of nitrogens with one attached hydrogen (secondary N) is 1. The monoisotopic (exact) mass is 713 g/mol. The summed E-state index contributed by atoms with van der Waals surface area (Å²) in [5.41, 5.74) is 6.85. The molecule has 10 heteroatoms. The van der Waals surface area contributed by atoms with Gasteiger partial charge in [0.15, 0.2) is 0 Å². The molecule has 41 heavy (non-hydrogen) atoms. The van der Waals surface area contributed by atoms with Crippen LogP contribution in [0.5, 0.6) is 0 Å². The summed E-state index contributed by atoms with van der Waals surface area (Å²) in [6.07, 6.45) is 0.338. The minimum absolute atomic E-state index is 0.0331. The third-order valence-corrected chi connectivity index (χ3v) is 9.40. The lowest BCUT2D eigenvalue weighted by atomic mass is 9.62. The van der Waals surface area contributed by atoms with Crippen molar-refractivity contribution in [2.24, 2.45) is 5.41 Å². The Hall–Kier alpha value is -2.45. The van der Waals surface area contributed by atoms with Gasteiger partial charge in [-0.2, -0.15) is 5.26 Å². The third-order valence-electron chi connectivity index (χ3n) is 7.17. The van der Waals surface area contributed by atoms with Gasteiger partial charge < -0.3 is 10.8 Å². The van der Waals surface area contributed by atoms with E-state index < -0.39 is 41.0 Å². The van der Waals surface area contributed by atoms with Crippen molar-refractivity contribution in [3.8, 4) is 6.07 Å². The lowest BCUT2D eigenvalue weighted by Gasteiger charge is -2.37. The topological polar surface area (TPSA) is 99.1 Å². The molecule has 0 aromatic heterocycles. The Morgan fingerprint density at radius 1 is 1.15 bits per heavy atom. The molecular formula is C31H32Cl2F2IN3O2. The van der Waals surface area contributed by atoms with Crippen LogP contribution in [-0.2, 0) is 10.2 Å². The van der Waals surface area contributed by atoms with E-state index in [9.17, 15) is 15.2 Å². The molecule has 1 saturated heterocycles. The van der Waals surface area contributed by atoms with Crippen LogP contribution in [0.3, 0.4) is 0 Å². The molecule has 1 fully saturated rings. The van der Waals surface area contributed by atoms with Crippen molar-refractivity contribution >= 4 is 57.4 Å². The molecule has 0 aliphatic carbocycles. The van der Waals surface area contributed by atoms with E-state index in [1.807, 2.05) is 32.9 Å². The number of nitriles is 1. The van der Waals surface area contributed by atoms with Gasteiger partial charge in [-0.3, -0.25) is 10.1 Å². The smallest absolute Gasteiger partial charge is 0.321 e. The summed E-state index contributed by atoms with van der Waals surface area (Å²) in [6, 6.07) is 12.2. The number of halogens is 5. The molecule has 5 nitrogen and oxygen atoms in total. The number of aliphatic carboxylic acids is 1. The van der Waals surface area contributed by atoms with Crippen molar-refractivity contribution in [1.29, 1.82) is 5.26 Å². The van der Waals surface area contributed by atoms with Gasteiger partial charge in [0, 0.05) is 31.8 Å². The fourth-order valence-electron chi connectivity index (χ4n) is 5.52. The number of aryl methyl sites for hydroxylation is 2. The molecule has 218 valence electrons. The first-order valence-corrected chi connectivity index (χ1v) is 14.7. The van der Waals surface area contributed by atoms with Crippen LogP contribution >= 0.6 is 45.8 Å². The standard InChI is InChI=1S/C23H22Cl2F2N2O2.C8H10IN/c1-22(2,3)10-17-23(11-28,14-8-7-12(24)9-16(14)26)18(20(29-17)21(30)31)13-5-4-6-15(25)19(13)27;1-5-3-7(10)4-6(2)8(5)9/h4-9,17-18,20,29H,10H2,1-3H3,(H,30,31);3-4H,10H2,1-2H3/t17-,18-,20+,23-;/m0./s1. The maximum Gasteiger partial charge on any atom is 0.321 e. The molecule has 3 aromatic rings. The number of benzene rings is 3. The highest BCUT2D eigenvalue weighted by molar-refractivity contribution is 14.1. The molecule has 4 atom stereocenters. The largest absolute Gasteiger partial charge is 0.480 e. The van der Waals surface area contributed by atoms with Crippen LogP contribution in [0.1, 0.15) is 55.4 Å². The van der Waals surface area contributed by atoms with Crippen molar-refractivity contribution in [3.63, 3.8) is 0 Å². The zero-order chi connectivity index (χ0) is 30.9. The van der Waals surface area contributed by atoms with Gasteiger partial charge in [-0.1, -0.05) is 62.2 Å². The molecule has 4 N–H and O–H groups in total. The number of carboxylic acid groups (broad SMARTS) is 1. The van der Waals surface area contributed by atoms with Gasteiger partial charge in [0.05, 0.1) is 11.1 Å². The predicted octanol–water partition coefficient (Wildman–Crippen LogP) is 8.17. The second-order valence-electron chi connectivity index (χ2n) is 11.5. The molecule has 3 aromatic carbocycles. The van der Waals surface area contributed by atoms with E-state index in [0.717, 1.165) is 11.8 Å². The summed E-state index contributed by atoms with van der Waals surface area (Å²) in [5.74, 6) is -4.09. The number of nitrogen functional groups attached to an aromatic ring is 1. The van der Waals surface area contributed by atoms with Crippen LogP contribution in [0.4, 0.5) is 14.5 Å². The van der Waals surface area contributed by atoms with E-state index >= 15 is 8.78 Å². The summed E-state index contributed by atoms with van der Waals surface area (Å²) in [4.78, 5) is 12.2. The molecule has 0 bridgehead atoms. The highest BCUT2D eigenvalue weighted by Gasteiger charge is 2.61. The number of carboxylic acids is 1. The van der Waals surface area contributed by atoms with E-state index in [0.29, 0.717) is 6.42 Å². The number of hydrogen-bond acceptors (Lipinski definition) is 4. The van der Waals surface area contributed by atoms with Gasteiger partial charge in [-0.25, -0.2) is 8.78 Å². The first-order valence-electron chi connectivity index (χ1n) is 12.8. The molecule has 0 unspecified atom stereocenters. The average molecular weight is 714 g/mol. The van der Waals surface area contributed by atoms with E-state index in [-0.39, 0.29) is 26.6 Å². The number of rotatable bonds is 4. The molecular weight excluding hydrogens is 682 g/mol. The van der Waals surface area contributed by atoms with Crippen LogP contribution in [0.15, 0.2) is 48.5 Å². The third kappa shape index (κ3) is 6.96. The Balaban J connectivity index is 0.000000389. The Kier molecular flexibility index (Phi) is 10.3. The van der Waals surface area contributed by atoms with Crippen LogP contribution < -0.4 is 11.1 Å². The molecule has 1 aliphatic rings. The van der Waals surface area contributed by atoms with Crippen molar-refractivity contribution in [1.82, 2.24) is 5.32 Å². The lowest BCUT2D eigenvalue weighted by molar-refractivity contribution is -0.139. The number of carbonyl (C=O) groups is 1. The first kappa shape index (κ1) is 33.1. The van der Waals surface area contributed by atoms with Crippen molar-refractivity contribution in [2.45, 2.75) is 64.5 Å². The summed E-state index contributed by atoms with van der Waals surface area (Å²) in [6.45, 7) is 9.94. The average Bonchev–Trinajstić information content (AvgIpc) is 3.17. The Morgan fingerprint density at radius 3 is 2.27 bits per heavy atom. The quantitative estimate of drug-likeness (QED) is 0.187. The number of nitrogens with two attached hydrogens (primary N) is 1. The van der Waals surface area contributed by atoms with Crippen LogP contribution in [-0.4, -0.2) is 23.2 Å². The van der Waals surface area contributed by atoms with Crippen LogP contribution in [0.2, 0.25) is 10.0 Å². The summed E-state index contributed by atoms with van der Waals surface area (Å²) < 4.78 is 31.7. The maximum absolute atomic E-state index is 15.2. The lowest BCUT2D eigenvalue weighted by Crippen LogP contribution is -2.44. The van der Waals surface area contributed by atoms with E-state index in [1.54, 1.807) is 0 Å².